The summed E-state index contributed by atoms with van der Waals surface area (Å²) in [4.78, 5) is 23.2. The number of carbonyl (C=O) groups excluding carboxylic acids is 2. The third kappa shape index (κ3) is 5.04. The van der Waals surface area contributed by atoms with Crippen molar-refractivity contribution >= 4 is 11.8 Å². The molecule has 104 valence electrons. The first kappa shape index (κ1) is 15.0. The molecule has 0 aromatic heterocycles. The van der Waals surface area contributed by atoms with Crippen molar-refractivity contribution in [3.63, 3.8) is 0 Å². The summed E-state index contributed by atoms with van der Waals surface area (Å²) < 4.78 is 0. The van der Waals surface area contributed by atoms with Crippen LogP contribution in [0.2, 0.25) is 0 Å². The normalized spacial score (nSPS) is 23.4. The molecular formula is C13H25N3O2. The number of carbonyl (C=O) groups is 2. The third-order valence-electron chi connectivity index (χ3n) is 3.40. The summed E-state index contributed by atoms with van der Waals surface area (Å²) >= 11 is 0. The van der Waals surface area contributed by atoms with E-state index >= 15 is 0 Å². The van der Waals surface area contributed by atoms with Crippen molar-refractivity contribution in [2.45, 2.75) is 45.6 Å². The van der Waals surface area contributed by atoms with Crippen LogP contribution in [0.25, 0.3) is 0 Å². The van der Waals surface area contributed by atoms with E-state index in [9.17, 15) is 9.59 Å². The summed E-state index contributed by atoms with van der Waals surface area (Å²) in [6.07, 6.45) is 4.03. The molecule has 0 bridgehead atoms. The lowest BCUT2D eigenvalue weighted by atomic mass is 9.90. The highest BCUT2D eigenvalue weighted by Gasteiger charge is 2.25. The molecule has 18 heavy (non-hydrogen) atoms. The van der Waals surface area contributed by atoms with E-state index in [1.165, 1.54) is 0 Å². The highest BCUT2D eigenvalue weighted by atomic mass is 16.2. The lowest BCUT2D eigenvalue weighted by molar-refractivity contribution is -0.127. The van der Waals surface area contributed by atoms with E-state index in [1.54, 1.807) is 0 Å². The molecule has 3 N–H and O–H groups in total. The zero-order chi connectivity index (χ0) is 13.4. The van der Waals surface area contributed by atoms with Gasteiger partial charge in [-0.25, -0.2) is 0 Å². The minimum Gasteiger partial charge on any atom is -0.355 e. The molecule has 2 amide bonds. The van der Waals surface area contributed by atoms with Crippen LogP contribution in [0, 0.1) is 5.92 Å². The first-order valence-electron chi connectivity index (χ1n) is 6.95. The molecule has 1 saturated heterocycles. The van der Waals surface area contributed by atoms with Crippen LogP contribution in [-0.4, -0.2) is 37.5 Å². The standard InChI is InChI=1S/C13H25N3O2/c1-3-6-15-12(17)9-16-13(18)11-8-10(4-2)5-7-14-11/h10-11,14H,3-9H2,1-2H3,(H,15,17)(H,16,18). The Morgan fingerprint density at radius 3 is 2.72 bits per heavy atom. The Bertz CT molecular complexity index is 281. The van der Waals surface area contributed by atoms with Gasteiger partial charge in [0, 0.05) is 6.54 Å². The van der Waals surface area contributed by atoms with E-state index in [-0.39, 0.29) is 24.4 Å². The van der Waals surface area contributed by atoms with Gasteiger partial charge >= 0.3 is 0 Å². The van der Waals surface area contributed by atoms with Gasteiger partial charge in [-0.15, -0.1) is 0 Å². The van der Waals surface area contributed by atoms with E-state index in [4.69, 9.17) is 0 Å². The Morgan fingerprint density at radius 1 is 1.28 bits per heavy atom. The van der Waals surface area contributed by atoms with Gasteiger partial charge in [0.1, 0.15) is 0 Å². The highest BCUT2D eigenvalue weighted by Crippen LogP contribution is 2.19. The third-order valence-corrected chi connectivity index (χ3v) is 3.40. The van der Waals surface area contributed by atoms with Gasteiger partial charge in [0.15, 0.2) is 0 Å². The summed E-state index contributed by atoms with van der Waals surface area (Å²) in [5, 5.41) is 8.64. The van der Waals surface area contributed by atoms with Crippen molar-refractivity contribution < 1.29 is 9.59 Å². The van der Waals surface area contributed by atoms with Gasteiger partial charge in [0.05, 0.1) is 12.6 Å². The molecule has 1 fully saturated rings. The lowest BCUT2D eigenvalue weighted by Crippen LogP contribution is -2.50. The minimum absolute atomic E-state index is 0.0557. The smallest absolute Gasteiger partial charge is 0.239 e. The Labute approximate surface area is 109 Å². The summed E-state index contributed by atoms with van der Waals surface area (Å²) in [7, 11) is 0. The molecule has 5 nitrogen and oxygen atoms in total. The molecule has 1 aliphatic heterocycles. The molecule has 0 radical (unpaired) electrons. The van der Waals surface area contributed by atoms with Gasteiger partial charge in [-0.1, -0.05) is 20.3 Å². The van der Waals surface area contributed by atoms with Crippen molar-refractivity contribution in [2.24, 2.45) is 5.92 Å². The topological polar surface area (TPSA) is 70.2 Å². The second kappa shape index (κ2) is 8.08. The van der Waals surface area contributed by atoms with Crippen molar-refractivity contribution in [1.82, 2.24) is 16.0 Å². The van der Waals surface area contributed by atoms with Crippen LogP contribution in [0.1, 0.15) is 39.5 Å². The quantitative estimate of drug-likeness (QED) is 0.644. The van der Waals surface area contributed by atoms with Crippen LogP contribution in [0.15, 0.2) is 0 Å². The molecule has 1 aliphatic rings. The predicted octanol–water partition coefficient (Wildman–Crippen LogP) is 0.407. The zero-order valence-electron chi connectivity index (χ0n) is 11.4. The molecule has 0 aliphatic carbocycles. The number of nitrogens with one attached hydrogen (secondary N) is 3. The van der Waals surface area contributed by atoms with E-state index in [0.717, 1.165) is 32.2 Å². The average Bonchev–Trinajstić information content (AvgIpc) is 2.42. The molecule has 1 heterocycles. The number of amides is 2. The van der Waals surface area contributed by atoms with E-state index < -0.39 is 0 Å². The first-order chi connectivity index (χ1) is 8.67. The van der Waals surface area contributed by atoms with Crippen molar-refractivity contribution in [3.8, 4) is 0 Å². The van der Waals surface area contributed by atoms with Crippen LogP contribution in [-0.2, 0) is 9.59 Å². The highest BCUT2D eigenvalue weighted by molar-refractivity contribution is 5.87. The SMILES string of the molecule is CCCNC(=O)CNC(=O)C1CC(CC)CCN1. The lowest BCUT2D eigenvalue weighted by Gasteiger charge is -2.28. The molecule has 1 rings (SSSR count). The molecule has 0 aromatic carbocycles. The Balaban J connectivity index is 2.25. The fourth-order valence-electron chi connectivity index (χ4n) is 2.18. The molecule has 2 atom stereocenters. The Morgan fingerprint density at radius 2 is 2.06 bits per heavy atom. The average molecular weight is 255 g/mol. The molecular weight excluding hydrogens is 230 g/mol. The molecule has 0 aromatic rings. The van der Waals surface area contributed by atoms with E-state index in [0.29, 0.717) is 12.5 Å². The van der Waals surface area contributed by atoms with Crippen molar-refractivity contribution in [3.05, 3.63) is 0 Å². The fourth-order valence-corrected chi connectivity index (χ4v) is 2.18. The van der Waals surface area contributed by atoms with E-state index in [2.05, 4.69) is 22.9 Å². The Kier molecular flexibility index (Phi) is 6.72. The molecule has 2 unspecified atom stereocenters. The van der Waals surface area contributed by atoms with Crippen LogP contribution in [0.5, 0.6) is 0 Å². The predicted molar refractivity (Wildman–Crippen MR) is 71.1 cm³/mol. The van der Waals surface area contributed by atoms with Crippen molar-refractivity contribution in [2.75, 3.05) is 19.6 Å². The molecule has 5 heteroatoms. The van der Waals surface area contributed by atoms with Crippen molar-refractivity contribution in [1.29, 1.82) is 0 Å². The van der Waals surface area contributed by atoms with E-state index in [1.807, 2.05) is 6.92 Å². The summed E-state index contributed by atoms with van der Waals surface area (Å²) in [6.45, 7) is 5.78. The largest absolute Gasteiger partial charge is 0.355 e. The minimum atomic E-state index is -0.136. The van der Waals surface area contributed by atoms with Crippen LogP contribution >= 0.6 is 0 Å². The Hall–Kier alpha value is -1.10. The maximum absolute atomic E-state index is 11.9. The summed E-state index contributed by atoms with van der Waals surface area (Å²) in [5.74, 6) is 0.448. The summed E-state index contributed by atoms with van der Waals surface area (Å²) in [5.41, 5.74) is 0. The van der Waals surface area contributed by atoms with Gasteiger partial charge in [-0.3, -0.25) is 9.59 Å². The monoisotopic (exact) mass is 255 g/mol. The van der Waals surface area contributed by atoms with Gasteiger partial charge in [-0.2, -0.15) is 0 Å². The van der Waals surface area contributed by atoms with Gasteiger partial charge in [-0.05, 0) is 31.7 Å². The van der Waals surface area contributed by atoms with Gasteiger partial charge in [0.25, 0.3) is 0 Å². The first-order valence-corrected chi connectivity index (χ1v) is 6.95. The maximum atomic E-state index is 11.9. The van der Waals surface area contributed by atoms with Gasteiger partial charge in [0.2, 0.25) is 11.8 Å². The van der Waals surface area contributed by atoms with Crippen LogP contribution in [0.3, 0.4) is 0 Å². The number of hydrogen-bond donors (Lipinski definition) is 3. The van der Waals surface area contributed by atoms with Crippen LogP contribution < -0.4 is 16.0 Å². The number of rotatable bonds is 6. The van der Waals surface area contributed by atoms with Gasteiger partial charge < -0.3 is 16.0 Å². The second-order valence-corrected chi connectivity index (χ2v) is 4.87. The molecule has 0 saturated carbocycles. The zero-order valence-corrected chi connectivity index (χ0v) is 11.4. The maximum Gasteiger partial charge on any atom is 0.239 e. The fraction of sp³-hybridized carbons (Fsp3) is 0.846. The number of piperidine rings is 1. The van der Waals surface area contributed by atoms with Crippen LogP contribution in [0.4, 0.5) is 0 Å². The number of hydrogen-bond acceptors (Lipinski definition) is 3. The molecule has 0 spiro atoms. The second-order valence-electron chi connectivity index (χ2n) is 4.87. The summed E-state index contributed by atoms with van der Waals surface area (Å²) in [6, 6.07) is -0.136.